The molecule has 3 nitrogen and oxygen atoms in total. The summed E-state index contributed by atoms with van der Waals surface area (Å²) in [6, 6.07) is 13.9. The van der Waals surface area contributed by atoms with Crippen LogP contribution in [-0.2, 0) is 12.6 Å². The lowest BCUT2D eigenvalue weighted by Crippen LogP contribution is -2.36. The Morgan fingerprint density at radius 1 is 0.960 bits per heavy atom. The molecule has 6 heteroatoms. The molecule has 0 aliphatic rings. The molecule has 2 rings (SSSR count). The second kappa shape index (κ2) is 8.78. The number of urea groups is 1. The van der Waals surface area contributed by atoms with Gasteiger partial charge < -0.3 is 10.6 Å². The van der Waals surface area contributed by atoms with Gasteiger partial charge in [-0.25, -0.2) is 4.79 Å². The van der Waals surface area contributed by atoms with E-state index in [-0.39, 0.29) is 12.6 Å². The van der Waals surface area contributed by atoms with Crippen LogP contribution in [0.4, 0.5) is 18.0 Å². The number of hydrogen-bond acceptors (Lipinski definition) is 1. The van der Waals surface area contributed by atoms with Crippen LogP contribution >= 0.6 is 0 Å². The lowest BCUT2D eigenvalue weighted by Gasteiger charge is -2.08. The van der Waals surface area contributed by atoms with Crippen molar-refractivity contribution in [2.75, 3.05) is 13.1 Å². The van der Waals surface area contributed by atoms with Gasteiger partial charge in [0.1, 0.15) is 0 Å². The average molecular weight is 346 g/mol. The van der Waals surface area contributed by atoms with Crippen LogP contribution in [0, 0.1) is 11.8 Å². The van der Waals surface area contributed by atoms with Crippen LogP contribution in [0.15, 0.2) is 54.6 Å². The number of amides is 2. The molecule has 0 spiro atoms. The molecule has 0 aromatic heterocycles. The molecule has 0 saturated heterocycles. The third kappa shape index (κ3) is 6.60. The first-order chi connectivity index (χ1) is 11.9. The first kappa shape index (κ1) is 18.4. The quantitative estimate of drug-likeness (QED) is 0.816. The third-order valence-corrected chi connectivity index (χ3v) is 3.32. The number of halogens is 3. The first-order valence-corrected chi connectivity index (χ1v) is 7.67. The summed E-state index contributed by atoms with van der Waals surface area (Å²) in [7, 11) is 0. The standard InChI is InChI=1S/C19H17F3N2O/c20-19(21,22)17-10-8-16(9-11-17)12-14-24-18(25)23-13-4-7-15-5-2-1-3-6-15/h1-3,5-6,8-11H,12-14H2,(H2,23,24,25). The van der Waals surface area contributed by atoms with Crippen molar-refractivity contribution >= 4 is 6.03 Å². The SMILES string of the molecule is O=C(NCC#Cc1ccccc1)NCCc1ccc(C(F)(F)F)cc1. The van der Waals surface area contributed by atoms with Gasteiger partial charge in [0.05, 0.1) is 12.1 Å². The minimum Gasteiger partial charge on any atom is -0.338 e. The van der Waals surface area contributed by atoms with Gasteiger partial charge in [-0.05, 0) is 36.2 Å². The zero-order valence-corrected chi connectivity index (χ0v) is 13.4. The lowest BCUT2D eigenvalue weighted by molar-refractivity contribution is -0.137. The maximum absolute atomic E-state index is 12.5. The fraction of sp³-hybridized carbons (Fsp3) is 0.211. The van der Waals surface area contributed by atoms with Crippen LogP contribution in [-0.4, -0.2) is 19.1 Å². The predicted molar refractivity (Wildman–Crippen MR) is 89.9 cm³/mol. The van der Waals surface area contributed by atoms with Crippen LogP contribution in [0.25, 0.3) is 0 Å². The second-order valence-electron chi connectivity index (χ2n) is 5.22. The smallest absolute Gasteiger partial charge is 0.338 e. The number of alkyl halides is 3. The van der Waals surface area contributed by atoms with E-state index < -0.39 is 11.7 Å². The van der Waals surface area contributed by atoms with E-state index in [1.807, 2.05) is 30.3 Å². The van der Waals surface area contributed by atoms with Crippen LogP contribution in [0.1, 0.15) is 16.7 Å². The largest absolute Gasteiger partial charge is 0.416 e. The van der Waals surface area contributed by atoms with E-state index in [2.05, 4.69) is 22.5 Å². The Bertz CT molecular complexity index is 744. The van der Waals surface area contributed by atoms with Crippen LogP contribution in [0.2, 0.25) is 0 Å². The molecule has 0 aliphatic carbocycles. The highest BCUT2D eigenvalue weighted by Crippen LogP contribution is 2.29. The molecule has 0 bridgehead atoms. The molecule has 0 unspecified atom stereocenters. The molecular weight excluding hydrogens is 329 g/mol. The summed E-state index contributed by atoms with van der Waals surface area (Å²) in [6.07, 6.45) is -3.89. The van der Waals surface area contributed by atoms with Gasteiger partial charge >= 0.3 is 12.2 Å². The fourth-order valence-electron chi connectivity index (χ4n) is 2.04. The van der Waals surface area contributed by atoms with Gasteiger partial charge in [-0.3, -0.25) is 0 Å². The Labute approximate surface area is 144 Å². The molecule has 0 atom stereocenters. The second-order valence-corrected chi connectivity index (χ2v) is 5.22. The molecule has 0 aliphatic heterocycles. The fourth-order valence-corrected chi connectivity index (χ4v) is 2.04. The number of nitrogens with one attached hydrogen (secondary N) is 2. The molecule has 25 heavy (non-hydrogen) atoms. The van der Waals surface area contributed by atoms with Crippen molar-refractivity contribution in [3.05, 3.63) is 71.3 Å². The van der Waals surface area contributed by atoms with Crippen molar-refractivity contribution in [1.29, 1.82) is 0 Å². The summed E-state index contributed by atoms with van der Waals surface area (Å²) in [5.41, 5.74) is 0.906. The Balaban J connectivity index is 1.68. The predicted octanol–water partition coefficient (Wildman–Crippen LogP) is 3.60. The van der Waals surface area contributed by atoms with Gasteiger partial charge in [0.25, 0.3) is 0 Å². The highest BCUT2D eigenvalue weighted by atomic mass is 19.4. The molecule has 0 heterocycles. The Morgan fingerprint density at radius 3 is 2.28 bits per heavy atom. The highest BCUT2D eigenvalue weighted by molar-refractivity contribution is 5.74. The normalized spacial score (nSPS) is 10.5. The number of carbonyl (C=O) groups excluding carboxylic acids is 1. The van der Waals surface area contributed by atoms with E-state index >= 15 is 0 Å². The molecule has 0 saturated carbocycles. The Kier molecular flexibility index (Phi) is 6.47. The summed E-state index contributed by atoms with van der Waals surface area (Å²) < 4.78 is 37.4. The molecule has 2 aromatic rings. The van der Waals surface area contributed by atoms with E-state index in [0.717, 1.165) is 23.3 Å². The number of carbonyl (C=O) groups is 1. The summed E-state index contributed by atoms with van der Waals surface area (Å²) in [6.45, 7) is 0.532. The van der Waals surface area contributed by atoms with Crippen molar-refractivity contribution in [3.8, 4) is 11.8 Å². The van der Waals surface area contributed by atoms with Gasteiger partial charge in [-0.2, -0.15) is 13.2 Å². The molecule has 0 fully saturated rings. The highest BCUT2D eigenvalue weighted by Gasteiger charge is 2.29. The maximum atomic E-state index is 12.5. The summed E-state index contributed by atoms with van der Waals surface area (Å²) in [5.74, 6) is 5.75. The van der Waals surface area contributed by atoms with Crippen LogP contribution < -0.4 is 10.6 Å². The Hall–Kier alpha value is -2.94. The number of hydrogen-bond donors (Lipinski definition) is 2. The van der Waals surface area contributed by atoms with Crippen molar-refractivity contribution in [3.63, 3.8) is 0 Å². The summed E-state index contributed by atoms with van der Waals surface area (Å²) >= 11 is 0. The van der Waals surface area contributed by atoms with Crippen molar-refractivity contribution < 1.29 is 18.0 Å². The Morgan fingerprint density at radius 2 is 1.64 bits per heavy atom. The van der Waals surface area contributed by atoms with Gasteiger partial charge in [-0.15, -0.1) is 0 Å². The third-order valence-electron chi connectivity index (χ3n) is 3.32. The molecule has 0 radical (unpaired) electrons. The summed E-state index contributed by atoms with van der Waals surface area (Å²) in [4.78, 5) is 11.6. The van der Waals surface area contributed by atoms with Gasteiger partial charge in [0, 0.05) is 12.1 Å². The van der Waals surface area contributed by atoms with Gasteiger partial charge in [0.2, 0.25) is 0 Å². The maximum Gasteiger partial charge on any atom is 0.416 e. The lowest BCUT2D eigenvalue weighted by atomic mass is 10.1. The average Bonchev–Trinajstić information content (AvgIpc) is 2.59. The zero-order valence-electron chi connectivity index (χ0n) is 13.4. The van der Waals surface area contributed by atoms with Crippen molar-refractivity contribution in [2.45, 2.75) is 12.6 Å². The van der Waals surface area contributed by atoms with E-state index in [1.54, 1.807) is 0 Å². The topological polar surface area (TPSA) is 41.1 Å². The molecule has 2 amide bonds. The number of rotatable bonds is 4. The van der Waals surface area contributed by atoms with Crippen LogP contribution in [0.5, 0.6) is 0 Å². The van der Waals surface area contributed by atoms with Gasteiger partial charge in [-0.1, -0.05) is 42.2 Å². The molecule has 130 valence electrons. The van der Waals surface area contributed by atoms with Crippen molar-refractivity contribution in [1.82, 2.24) is 10.6 Å². The van der Waals surface area contributed by atoms with E-state index in [0.29, 0.717) is 13.0 Å². The van der Waals surface area contributed by atoms with E-state index in [9.17, 15) is 18.0 Å². The van der Waals surface area contributed by atoms with Gasteiger partial charge in [0.15, 0.2) is 0 Å². The van der Waals surface area contributed by atoms with Crippen molar-refractivity contribution in [2.24, 2.45) is 0 Å². The molecule has 2 N–H and O–H groups in total. The summed E-state index contributed by atoms with van der Waals surface area (Å²) in [5, 5.41) is 5.23. The van der Waals surface area contributed by atoms with E-state index in [4.69, 9.17) is 0 Å². The zero-order chi connectivity index (χ0) is 18.1. The monoisotopic (exact) mass is 346 g/mol. The minimum atomic E-state index is -4.34. The van der Waals surface area contributed by atoms with E-state index in [1.165, 1.54) is 12.1 Å². The van der Waals surface area contributed by atoms with Crippen LogP contribution in [0.3, 0.4) is 0 Å². The molecular formula is C19H17F3N2O. The molecule has 2 aromatic carbocycles. The first-order valence-electron chi connectivity index (χ1n) is 7.67. The number of benzene rings is 2. The minimum absolute atomic E-state index is 0.209.